The smallest absolute Gasteiger partial charge is 0.0785 e. The van der Waals surface area contributed by atoms with Gasteiger partial charge in [-0.25, -0.2) is 0 Å². The monoisotopic (exact) mass is 1990 g/mol. The SMILES string of the molecule is CCCCCCC1(CCCCCC)c2ccccc2-c2c1c1c(c3c2C(CCCCCC)(CCCCCC)c2cc(-c4ccc(C#Cc5ccc(C#Cc6ccc(-c7ccc8c(c7)C(CCCCCC)(CCCCCC)c7c9c(c%10c(c7-8)C(CCCCCC)(CCCCCC)c7ccccc7-%10)C(CCCCCC)(CCCCCC)c7ccccc7-9)s6)s5)s4)ccc2-3)C(CCCCCC)(CCCCCC)c2ccccc2-1. The summed E-state index contributed by atoms with van der Waals surface area (Å²) in [5.41, 5.74) is 42.3. The van der Waals surface area contributed by atoms with Gasteiger partial charge in [0.25, 0.3) is 0 Å². The molecule has 0 radical (unpaired) electrons. The second-order valence-corrected chi connectivity index (χ2v) is 49.7. The molecule has 0 amide bonds. The zero-order valence-electron chi connectivity index (χ0n) is 92.8. The largest absolute Gasteiger partial charge is 0.127 e. The Balaban J connectivity index is 0.756. The first-order valence-corrected chi connectivity index (χ1v) is 63.4. The molecule has 0 saturated heterocycles. The first kappa shape index (κ1) is 108. The van der Waals surface area contributed by atoms with Crippen LogP contribution in [-0.2, 0) is 32.5 Å². The minimum absolute atomic E-state index is 0.0649. The molecule has 8 aromatic carbocycles. The maximum absolute atomic E-state index is 3.79. The Hall–Kier alpha value is -8.02. The van der Waals surface area contributed by atoms with Crippen LogP contribution in [0.1, 0.15) is 555 Å². The molecule has 3 aromatic heterocycles. The van der Waals surface area contributed by atoms with E-state index in [9.17, 15) is 0 Å². The van der Waals surface area contributed by atoms with Crippen LogP contribution in [0.4, 0.5) is 0 Å². The number of benzene rings is 8. The molecule has 3 heterocycles. The molecular weight excluding hydrogens is 1800 g/mol. The van der Waals surface area contributed by atoms with Crippen molar-refractivity contribution in [1.82, 2.24) is 0 Å². The molecule has 17 rings (SSSR count). The Labute approximate surface area is 895 Å². The molecule has 0 saturated carbocycles. The number of hydrogen-bond acceptors (Lipinski definition) is 3. The van der Waals surface area contributed by atoms with Gasteiger partial charge in [-0.15, -0.1) is 34.0 Å². The predicted octanol–water partition coefficient (Wildman–Crippen LogP) is 45.2. The summed E-state index contributed by atoms with van der Waals surface area (Å²) in [4.78, 5) is 7.07. The van der Waals surface area contributed by atoms with Crippen LogP contribution in [0, 0.1) is 23.7 Å². The van der Waals surface area contributed by atoms with Crippen molar-refractivity contribution >= 4 is 34.0 Å². The van der Waals surface area contributed by atoms with Crippen molar-refractivity contribution in [3.8, 4) is 111 Å². The molecule has 6 aliphatic rings. The molecule has 0 spiro atoms. The van der Waals surface area contributed by atoms with E-state index >= 15 is 0 Å². The Morgan fingerprint density at radius 1 is 0.166 bits per heavy atom. The quantitative estimate of drug-likeness (QED) is 0.0263. The fourth-order valence-electron chi connectivity index (χ4n) is 29.8. The zero-order valence-corrected chi connectivity index (χ0v) is 95.3. The summed E-state index contributed by atoms with van der Waals surface area (Å²) in [6.07, 6.45) is 76.2. The Morgan fingerprint density at radius 2 is 0.338 bits per heavy atom. The van der Waals surface area contributed by atoms with Gasteiger partial charge in [-0.1, -0.05) is 513 Å². The lowest BCUT2D eigenvalue weighted by molar-refractivity contribution is 0.389. The number of hydrogen-bond donors (Lipinski definition) is 0. The lowest BCUT2D eigenvalue weighted by atomic mass is 9.63. The molecule has 0 atom stereocenters. The maximum Gasteiger partial charge on any atom is 0.0785 e. The lowest BCUT2D eigenvalue weighted by Crippen LogP contribution is -2.31. The minimum atomic E-state index is -0.149. The van der Waals surface area contributed by atoms with E-state index in [1.807, 2.05) is 22.7 Å². The van der Waals surface area contributed by atoms with Crippen molar-refractivity contribution < 1.29 is 0 Å². The van der Waals surface area contributed by atoms with E-state index in [-0.39, 0.29) is 32.5 Å². The summed E-state index contributed by atoms with van der Waals surface area (Å²) in [5, 5.41) is 0. The molecule has 3 heteroatoms. The van der Waals surface area contributed by atoms with Crippen molar-refractivity contribution in [3.63, 3.8) is 0 Å². The molecular formula is C142H184S3. The highest BCUT2D eigenvalue weighted by Gasteiger charge is 2.61. The van der Waals surface area contributed by atoms with Crippen molar-refractivity contribution in [2.24, 2.45) is 0 Å². The van der Waals surface area contributed by atoms with Crippen molar-refractivity contribution in [2.45, 2.75) is 501 Å². The highest BCUT2D eigenvalue weighted by Crippen LogP contribution is 2.75. The fourth-order valence-corrected chi connectivity index (χ4v) is 32.3. The van der Waals surface area contributed by atoms with Gasteiger partial charge < -0.3 is 0 Å². The zero-order chi connectivity index (χ0) is 101. The predicted molar refractivity (Wildman–Crippen MR) is 638 cm³/mol. The Morgan fingerprint density at radius 3 is 0.538 bits per heavy atom. The van der Waals surface area contributed by atoms with E-state index in [4.69, 9.17) is 0 Å². The van der Waals surface area contributed by atoms with E-state index in [1.54, 1.807) is 145 Å². The third-order valence-corrected chi connectivity index (χ3v) is 39.8. The molecule has 145 heavy (non-hydrogen) atoms. The average Bonchev–Trinajstić information content (AvgIpc) is 1.48. The molecule has 0 bridgehead atoms. The van der Waals surface area contributed by atoms with Crippen LogP contribution in [0.5, 0.6) is 0 Å². The summed E-state index contributed by atoms with van der Waals surface area (Å²) in [5.74, 6) is 15.1. The normalized spacial score (nSPS) is 15.0. The Bertz CT molecular complexity index is 5760. The van der Waals surface area contributed by atoms with Gasteiger partial charge in [0, 0.05) is 42.2 Å². The molecule has 6 aliphatic carbocycles. The van der Waals surface area contributed by atoms with E-state index in [1.165, 1.54) is 406 Å². The molecule has 770 valence electrons. The summed E-state index contributed by atoms with van der Waals surface area (Å²) in [6, 6.07) is 71.1. The van der Waals surface area contributed by atoms with Crippen LogP contribution in [0.15, 0.2) is 170 Å². The van der Waals surface area contributed by atoms with Crippen LogP contribution in [0.2, 0.25) is 0 Å². The molecule has 0 unspecified atom stereocenters. The molecule has 11 aromatic rings. The lowest BCUT2D eigenvalue weighted by Gasteiger charge is -2.39. The maximum atomic E-state index is 3.79. The van der Waals surface area contributed by atoms with Crippen molar-refractivity contribution in [2.75, 3.05) is 0 Å². The number of unbranched alkanes of at least 4 members (excludes halogenated alkanes) is 36. The van der Waals surface area contributed by atoms with Gasteiger partial charge in [-0.05, 0) is 294 Å². The second kappa shape index (κ2) is 51.7. The van der Waals surface area contributed by atoms with Crippen LogP contribution in [0.3, 0.4) is 0 Å². The second-order valence-electron chi connectivity index (χ2n) is 46.4. The third-order valence-electron chi connectivity index (χ3n) is 36.8. The standard InChI is InChI=1S/C142H184S3/c1-13-25-37-57-91-137(92-58-38-26-14-2)119-75-55-51-71-113(119)127-131(137)125-111-69-49-53-73-117(111)139(95-61-41-29-17-5,96-62-42-30-18-6)133(125)129-115-87-77-105(103-121(115)141(135(127)129,99-65-45-33-21-9)100-66-46-34-22-10)123-89-85-109(144-123)83-81-107-79-80-108(143-107)82-84-110-86-90-124(145-110)106-78-88-116-122(104-106)142(101-67-47-35-23-11,102-68-48-36-24-12)136-128-114-72-52-56-76-120(114)138(93-59-39-27-15-3,94-60-40-28-16-4)132(128)126-112-70-50-54-74-118(112)140(134(126)130(116)136,97-63-43-31-19-7)98-64-44-32-20-8/h49-56,69-80,85-90,103-104H,13-48,57-68,91-102H2,1-12H3. The average molecular weight is 1990 g/mol. The topological polar surface area (TPSA) is 0 Å². The summed E-state index contributed by atoms with van der Waals surface area (Å²) in [6.45, 7) is 29.0. The first-order chi connectivity index (χ1) is 71.4. The van der Waals surface area contributed by atoms with Gasteiger partial charge >= 0.3 is 0 Å². The van der Waals surface area contributed by atoms with E-state index in [0.717, 1.165) is 19.5 Å². The molecule has 0 aliphatic heterocycles. The highest BCUT2D eigenvalue weighted by molar-refractivity contribution is 7.16. The van der Waals surface area contributed by atoms with E-state index in [0.29, 0.717) is 0 Å². The van der Waals surface area contributed by atoms with Crippen molar-refractivity contribution in [1.29, 1.82) is 0 Å². The van der Waals surface area contributed by atoms with Crippen molar-refractivity contribution in [3.05, 3.63) is 256 Å². The van der Waals surface area contributed by atoms with Gasteiger partial charge in [0.2, 0.25) is 0 Å². The van der Waals surface area contributed by atoms with Crippen LogP contribution < -0.4 is 0 Å². The summed E-state index contributed by atoms with van der Waals surface area (Å²) < 4.78 is 0. The van der Waals surface area contributed by atoms with E-state index < -0.39 is 0 Å². The van der Waals surface area contributed by atoms with Gasteiger partial charge in [0.15, 0.2) is 0 Å². The van der Waals surface area contributed by atoms with E-state index in [2.05, 4.69) is 277 Å². The highest BCUT2D eigenvalue weighted by atomic mass is 32.1. The Kier molecular flexibility index (Phi) is 38.6. The minimum Gasteiger partial charge on any atom is -0.127 e. The van der Waals surface area contributed by atoms with Gasteiger partial charge in [0.05, 0.1) is 19.5 Å². The summed E-state index contributed by atoms with van der Waals surface area (Å²) >= 11 is 5.56. The van der Waals surface area contributed by atoms with Gasteiger partial charge in [-0.3, -0.25) is 0 Å². The van der Waals surface area contributed by atoms with Crippen LogP contribution in [0.25, 0.3) is 87.6 Å². The molecule has 0 fully saturated rings. The van der Waals surface area contributed by atoms with Gasteiger partial charge in [0.1, 0.15) is 0 Å². The number of fused-ring (bicyclic) bond motifs is 24. The van der Waals surface area contributed by atoms with Gasteiger partial charge in [-0.2, -0.15) is 0 Å². The summed E-state index contributed by atoms with van der Waals surface area (Å²) in [7, 11) is 0. The number of rotatable bonds is 62. The fraction of sp³-hybridized carbons (Fsp3) is 0.549. The van der Waals surface area contributed by atoms with Crippen LogP contribution >= 0.6 is 34.0 Å². The first-order valence-electron chi connectivity index (χ1n) is 61.0. The molecule has 0 N–H and O–H groups in total. The molecule has 0 nitrogen and oxygen atoms in total. The number of thiophene rings is 3. The third kappa shape index (κ3) is 21.8. The van der Waals surface area contributed by atoms with Crippen LogP contribution in [-0.4, -0.2) is 0 Å².